The maximum atomic E-state index is 11.8. The Labute approximate surface area is 108 Å². The van der Waals surface area contributed by atoms with E-state index in [9.17, 15) is 4.79 Å². The number of aryl methyl sites for hydroxylation is 1. The molecule has 1 aliphatic rings. The summed E-state index contributed by atoms with van der Waals surface area (Å²) in [6.07, 6.45) is -0.547. The molecular formula is C11H13BrN2O3. The van der Waals surface area contributed by atoms with Gasteiger partial charge >= 0.3 is 0 Å². The van der Waals surface area contributed by atoms with Crippen LogP contribution in [0.5, 0.6) is 0 Å². The number of anilines is 1. The molecule has 1 fully saturated rings. The monoisotopic (exact) mass is 300 g/mol. The number of amides is 1. The first kappa shape index (κ1) is 12.5. The minimum atomic E-state index is -0.547. The number of carbonyl (C=O) groups is 1. The summed E-state index contributed by atoms with van der Waals surface area (Å²) in [6, 6.07) is 3.58. The highest BCUT2D eigenvalue weighted by Gasteiger charge is 2.22. The number of pyridine rings is 1. The minimum Gasteiger partial charge on any atom is -0.376 e. The van der Waals surface area contributed by atoms with Crippen LogP contribution in [0.4, 0.5) is 5.82 Å². The summed E-state index contributed by atoms with van der Waals surface area (Å²) in [5.41, 5.74) is 0.823. The highest BCUT2D eigenvalue weighted by Crippen LogP contribution is 2.16. The van der Waals surface area contributed by atoms with E-state index >= 15 is 0 Å². The van der Waals surface area contributed by atoms with Gasteiger partial charge in [-0.3, -0.25) is 4.79 Å². The maximum absolute atomic E-state index is 11.8. The summed E-state index contributed by atoms with van der Waals surface area (Å²) in [4.78, 5) is 16.0. The van der Waals surface area contributed by atoms with Crippen molar-refractivity contribution in [2.45, 2.75) is 13.0 Å². The summed E-state index contributed by atoms with van der Waals surface area (Å²) in [5.74, 6) is 0.295. The highest BCUT2D eigenvalue weighted by atomic mass is 79.9. The molecule has 17 heavy (non-hydrogen) atoms. The number of carbonyl (C=O) groups excluding carboxylic acids is 1. The van der Waals surface area contributed by atoms with Crippen LogP contribution < -0.4 is 5.32 Å². The quantitative estimate of drug-likeness (QED) is 0.899. The zero-order valence-electron chi connectivity index (χ0n) is 9.40. The molecule has 1 N–H and O–H groups in total. The smallest absolute Gasteiger partial charge is 0.257 e. The maximum Gasteiger partial charge on any atom is 0.257 e. The summed E-state index contributed by atoms with van der Waals surface area (Å²) in [6.45, 7) is 3.14. The third-order valence-electron chi connectivity index (χ3n) is 2.38. The van der Waals surface area contributed by atoms with Gasteiger partial charge in [0.2, 0.25) is 0 Å². The third kappa shape index (κ3) is 3.24. The van der Waals surface area contributed by atoms with E-state index in [4.69, 9.17) is 9.47 Å². The molecule has 2 rings (SSSR count). The fourth-order valence-corrected chi connectivity index (χ4v) is 1.68. The number of nitrogens with zero attached hydrogens (tertiary/aromatic N) is 1. The lowest BCUT2D eigenvalue weighted by atomic mass is 10.3. The molecule has 1 saturated heterocycles. The lowest BCUT2D eigenvalue weighted by molar-refractivity contribution is -0.142. The Kier molecular flexibility index (Phi) is 4.09. The van der Waals surface area contributed by atoms with Gasteiger partial charge in [0, 0.05) is 4.47 Å². The summed E-state index contributed by atoms with van der Waals surface area (Å²) < 4.78 is 11.4. The van der Waals surface area contributed by atoms with Gasteiger partial charge in [-0.1, -0.05) is 0 Å². The molecule has 1 aromatic rings. The number of aromatic nitrogens is 1. The Morgan fingerprint density at radius 1 is 1.53 bits per heavy atom. The van der Waals surface area contributed by atoms with E-state index in [1.165, 1.54) is 0 Å². The van der Waals surface area contributed by atoms with Crippen molar-refractivity contribution < 1.29 is 14.3 Å². The average Bonchev–Trinajstić information content (AvgIpc) is 2.35. The molecule has 1 atom stereocenters. The van der Waals surface area contributed by atoms with Gasteiger partial charge in [0.1, 0.15) is 5.82 Å². The number of halogens is 1. The molecular weight excluding hydrogens is 288 g/mol. The fraction of sp³-hybridized carbons (Fsp3) is 0.455. The third-order valence-corrected chi connectivity index (χ3v) is 3.22. The van der Waals surface area contributed by atoms with E-state index < -0.39 is 6.10 Å². The number of rotatable bonds is 2. The van der Waals surface area contributed by atoms with Gasteiger partial charge in [-0.2, -0.15) is 0 Å². The van der Waals surface area contributed by atoms with Crippen molar-refractivity contribution >= 4 is 27.7 Å². The van der Waals surface area contributed by atoms with Crippen LogP contribution in [-0.2, 0) is 14.3 Å². The number of nitrogens with one attached hydrogen (secondary N) is 1. The Hall–Kier alpha value is -0.980. The standard InChI is InChI=1S/C11H13BrN2O3/c1-7-8(12)2-3-10(13-7)14-11(15)9-6-16-4-5-17-9/h2-3,9H,4-6H2,1H3,(H,13,14,15). The molecule has 1 aliphatic heterocycles. The van der Waals surface area contributed by atoms with Gasteiger partial charge in [0.05, 0.1) is 25.5 Å². The second-order valence-electron chi connectivity index (χ2n) is 3.69. The van der Waals surface area contributed by atoms with Gasteiger partial charge in [-0.15, -0.1) is 0 Å². The van der Waals surface area contributed by atoms with Crippen molar-refractivity contribution in [1.82, 2.24) is 4.98 Å². The zero-order chi connectivity index (χ0) is 12.3. The topological polar surface area (TPSA) is 60.5 Å². The molecule has 0 radical (unpaired) electrons. The van der Waals surface area contributed by atoms with Gasteiger partial charge < -0.3 is 14.8 Å². The van der Waals surface area contributed by atoms with Crippen LogP contribution in [0, 0.1) is 6.92 Å². The molecule has 1 amide bonds. The molecule has 0 saturated carbocycles. The Balaban J connectivity index is 1.99. The molecule has 2 heterocycles. The molecule has 0 spiro atoms. The van der Waals surface area contributed by atoms with Crippen molar-refractivity contribution in [3.05, 3.63) is 22.3 Å². The van der Waals surface area contributed by atoms with Crippen molar-refractivity contribution in [2.75, 3.05) is 25.1 Å². The van der Waals surface area contributed by atoms with E-state index in [2.05, 4.69) is 26.2 Å². The van der Waals surface area contributed by atoms with Gasteiger partial charge in [-0.05, 0) is 35.0 Å². The van der Waals surface area contributed by atoms with Crippen molar-refractivity contribution in [3.63, 3.8) is 0 Å². The Morgan fingerprint density at radius 2 is 2.35 bits per heavy atom. The van der Waals surface area contributed by atoms with E-state index in [-0.39, 0.29) is 5.91 Å². The van der Waals surface area contributed by atoms with Crippen LogP contribution in [0.15, 0.2) is 16.6 Å². The SMILES string of the molecule is Cc1nc(NC(=O)C2COCCO2)ccc1Br. The largest absolute Gasteiger partial charge is 0.376 e. The molecule has 1 unspecified atom stereocenters. The molecule has 6 heteroatoms. The van der Waals surface area contributed by atoms with E-state index in [1.807, 2.05) is 13.0 Å². The van der Waals surface area contributed by atoms with Gasteiger partial charge in [0.15, 0.2) is 6.10 Å². The van der Waals surface area contributed by atoms with Gasteiger partial charge in [-0.25, -0.2) is 4.98 Å². The number of ether oxygens (including phenoxy) is 2. The minimum absolute atomic E-state index is 0.223. The first-order valence-electron chi connectivity index (χ1n) is 5.30. The Morgan fingerprint density at radius 3 is 3.00 bits per heavy atom. The van der Waals surface area contributed by atoms with E-state index in [0.29, 0.717) is 25.6 Å². The van der Waals surface area contributed by atoms with Crippen molar-refractivity contribution in [3.8, 4) is 0 Å². The molecule has 0 aliphatic carbocycles. The average molecular weight is 301 g/mol. The molecule has 1 aromatic heterocycles. The number of hydrogen-bond acceptors (Lipinski definition) is 4. The lowest BCUT2D eigenvalue weighted by Gasteiger charge is -2.21. The zero-order valence-corrected chi connectivity index (χ0v) is 11.0. The summed E-state index contributed by atoms with van der Waals surface area (Å²) in [5, 5.41) is 2.70. The molecule has 92 valence electrons. The molecule has 5 nitrogen and oxygen atoms in total. The van der Waals surface area contributed by atoms with Crippen LogP contribution in [0.3, 0.4) is 0 Å². The highest BCUT2D eigenvalue weighted by molar-refractivity contribution is 9.10. The fourth-order valence-electron chi connectivity index (χ4n) is 1.46. The van der Waals surface area contributed by atoms with E-state index in [0.717, 1.165) is 10.2 Å². The molecule has 0 bridgehead atoms. The first-order chi connectivity index (χ1) is 8.16. The second-order valence-corrected chi connectivity index (χ2v) is 4.54. The Bertz CT molecular complexity index is 419. The predicted octanol–water partition coefficient (Wildman–Crippen LogP) is 1.51. The van der Waals surface area contributed by atoms with Crippen LogP contribution in [0.1, 0.15) is 5.69 Å². The first-order valence-corrected chi connectivity index (χ1v) is 6.09. The molecule has 0 aromatic carbocycles. The summed E-state index contributed by atoms with van der Waals surface area (Å²) >= 11 is 3.35. The predicted molar refractivity (Wildman–Crippen MR) is 65.9 cm³/mol. The van der Waals surface area contributed by atoms with Crippen LogP contribution in [0.25, 0.3) is 0 Å². The van der Waals surface area contributed by atoms with Crippen LogP contribution >= 0.6 is 15.9 Å². The van der Waals surface area contributed by atoms with Crippen LogP contribution in [0.2, 0.25) is 0 Å². The summed E-state index contributed by atoms with van der Waals surface area (Å²) in [7, 11) is 0. The second kappa shape index (κ2) is 5.57. The lowest BCUT2D eigenvalue weighted by Crippen LogP contribution is -2.39. The van der Waals surface area contributed by atoms with Crippen molar-refractivity contribution in [2.24, 2.45) is 0 Å². The van der Waals surface area contributed by atoms with Crippen LogP contribution in [-0.4, -0.2) is 36.8 Å². The van der Waals surface area contributed by atoms with Crippen molar-refractivity contribution in [1.29, 1.82) is 0 Å². The van der Waals surface area contributed by atoms with Gasteiger partial charge in [0.25, 0.3) is 5.91 Å². The number of hydrogen-bond donors (Lipinski definition) is 1. The normalized spacial score (nSPS) is 20.0. The van der Waals surface area contributed by atoms with E-state index in [1.54, 1.807) is 6.07 Å².